The van der Waals surface area contributed by atoms with Gasteiger partial charge in [0.2, 0.25) is 11.8 Å². The quantitative estimate of drug-likeness (QED) is 0.638. The zero-order valence-corrected chi connectivity index (χ0v) is 20.8. The number of hydrogen-bond acceptors (Lipinski definition) is 4. The van der Waals surface area contributed by atoms with Crippen molar-refractivity contribution in [3.05, 3.63) is 60.2 Å². The lowest BCUT2D eigenvalue weighted by atomic mass is 9.87. The van der Waals surface area contributed by atoms with E-state index >= 15 is 0 Å². The van der Waals surface area contributed by atoms with Crippen molar-refractivity contribution in [1.82, 2.24) is 14.7 Å². The number of nitrogens with zero attached hydrogens (tertiary/aromatic N) is 3. The first kappa shape index (κ1) is 23.6. The van der Waals surface area contributed by atoms with Crippen LogP contribution in [0.1, 0.15) is 31.2 Å². The second kappa shape index (κ2) is 9.86. The number of ether oxygens (including phenoxy) is 1. The van der Waals surface area contributed by atoms with Crippen LogP contribution in [0, 0.1) is 5.92 Å². The SMILES string of the molecule is CN(C)CCCN1CC(C(=O)N2CCC3(C=Cc4cc(-c5ccccc5)ccc4O3)CC2)CC1=O. The normalized spacial score (nSPS) is 20.9. The Morgan fingerprint density at radius 2 is 1.86 bits per heavy atom. The summed E-state index contributed by atoms with van der Waals surface area (Å²) >= 11 is 0. The number of piperidine rings is 1. The monoisotopic (exact) mass is 473 g/mol. The van der Waals surface area contributed by atoms with Crippen LogP contribution < -0.4 is 4.74 Å². The number of benzene rings is 2. The van der Waals surface area contributed by atoms with Crippen molar-refractivity contribution >= 4 is 17.9 Å². The van der Waals surface area contributed by atoms with Crippen LogP contribution in [-0.4, -0.2) is 78.9 Å². The van der Waals surface area contributed by atoms with Gasteiger partial charge in [0.05, 0.1) is 5.92 Å². The molecule has 0 aliphatic carbocycles. The Morgan fingerprint density at radius 3 is 2.60 bits per heavy atom. The molecule has 1 unspecified atom stereocenters. The van der Waals surface area contributed by atoms with Gasteiger partial charge in [0.1, 0.15) is 11.4 Å². The van der Waals surface area contributed by atoms with E-state index in [0.29, 0.717) is 26.1 Å². The highest BCUT2D eigenvalue weighted by atomic mass is 16.5. The van der Waals surface area contributed by atoms with Crippen molar-refractivity contribution in [2.75, 3.05) is 46.8 Å². The van der Waals surface area contributed by atoms with Crippen molar-refractivity contribution in [2.24, 2.45) is 5.92 Å². The Hall–Kier alpha value is -3.12. The summed E-state index contributed by atoms with van der Waals surface area (Å²) in [5.41, 5.74) is 3.10. The lowest BCUT2D eigenvalue weighted by molar-refractivity contribution is -0.138. The number of likely N-dealkylation sites (tertiary alicyclic amines) is 2. The molecule has 2 fully saturated rings. The molecule has 2 saturated heterocycles. The van der Waals surface area contributed by atoms with E-state index in [4.69, 9.17) is 4.74 Å². The van der Waals surface area contributed by atoms with E-state index in [1.807, 2.05) is 30.0 Å². The van der Waals surface area contributed by atoms with Gasteiger partial charge in [0.15, 0.2) is 0 Å². The van der Waals surface area contributed by atoms with E-state index in [9.17, 15) is 9.59 Å². The molecule has 5 rings (SSSR count). The molecule has 1 atom stereocenters. The first-order valence-corrected chi connectivity index (χ1v) is 12.7. The van der Waals surface area contributed by atoms with E-state index in [-0.39, 0.29) is 23.3 Å². The van der Waals surface area contributed by atoms with Gasteiger partial charge in [0, 0.05) is 51.0 Å². The summed E-state index contributed by atoms with van der Waals surface area (Å²) in [5.74, 6) is 0.925. The highest BCUT2D eigenvalue weighted by molar-refractivity contribution is 5.89. The predicted molar refractivity (Wildman–Crippen MR) is 138 cm³/mol. The molecule has 6 heteroatoms. The second-order valence-electron chi connectivity index (χ2n) is 10.3. The fourth-order valence-electron chi connectivity index (χ4n) is 5.44. The molecule has 0 radical (unpaired) electrons. The van der Waals surface area contributed by atoms with Gasteiger partial charge >= 0.3 is 0 Å². The summed E-state index contributed by atoms with van der Waals surface area (Å²) in [7, 11) is 4.07. The maximum absolute atomic E-state index is 13.2. The summed E-state index contributed by atoms with van der Waals surface area (Å²) in [4.78, 5) is 31.6. The molecule has 2 aromatic rings. The van der Waals surface area contributed by atoms with E-state index in [0.717, 1.165) is 43.7 Å². The molecular weight excluding hydrogens is 438 g/mol. The average Bonchev–Trinajstić information content (AvgIpc) is 3.24. The highest BCUT2D eigenvalue weighted by Crippen LogP contribution is 2.39. The van der Waals surface area contributed by atoms with Crippen LogP contribution in [0.25, 0.3) is 17.2 Å². The first-order chi connectivity index (χ1) is 16.9. The van der Waals surface area contributed by atoms with Gasteiger partial charge in [0.25, 0.3) is 0 Å². The summed E-state index contributed by atoms with van der Waals surface area (Å²) in [5, 5.41) is 0. The zero-order chi connectivity index (χ0) is 24.4. The smallest absolute Gasteiger partial charge is 0.227 e. The van der Waals surface area contributed by atoms with Gasteiger partial charge in [-0.1, -0.05) is 42.5 Å². The van der Waals surface area contributed by atoms with Gasteiger partial charge in [-0.2, -0.15) is 0 Å². The van der Waals surface area contributed by atoms with E-state index in [2.05, 4.69) is 59.5 Å². The molecule has 3 aliphatic heterocycles. The molecule has 1 spiro atoms. The Balaban J connectivity index is 1.17. The highest BCUT2D eigenvalue weighted by Gasteiger charge is 2.41. The Labute approximate surface area is 208 Å². The molecule has 0 saturated carbocycles. The molecule has 2 amide bonds. The number of rotatable bonds is 6. The molecule has 0 aromatic heterocycles. The molecular formula is C29H35N3O3. The standard InChI is InChI=1S/C29H35N3O3/c1-30(2)15-6-16-32-21-25(20-27(32)33)28(34)31-17-13-29(14-18-31)12-11-24-19-23(9-10-26(24)35-29)22-7-4-3-5-8-22/h3-5,7-12,19,25H,6,13-18,20-21H2,1-2H3. The average molecular weight is 474 g/mol. The lowest BCUT2D eigenvalue weighted by Gasteiger charge is -2.42. The molecule has 3 heterocycles. The van der Waals surface area contributed by atoms with Gasteiger partial charge in [-0.05, 0) is 56.4 Å². The van der Waals surface area contributed by atoms with Crippen molar-refractivity contribution in [2.45, 2.75) is 31.3 Å². The number of carbonyl (C=O) groups is 2. The Bertz CT molecular complexity index is 1100. The van der Waals surface area contributed by atoms with Crippen molar-refractivity contribution in [1.29, 1.82) is 0 Å². The van der Waals surface area contributed by atoms with E-state index in [1.54, 1.807) is 0 Å². The predicted octanol–water partition coefficient (Wildman–Crippen LogP) is 3.92. The zero-order valence-electron chi connectivity index (χ0n) is 20.8. The molecule has 35 heavy (non-hydrogen) atoms. The number of fused-ring (bicyclic) bond motifs is 1. The Kier molecular flexibility index (Phi) is 6.65. The van der Waals surface area contributed by atoms with Gasteiger partial charge in [-0.25, -0.2) is 0 Å². The minimum Gasteiger partial charge on any atom is -0.482 e. The van der Waals surface area contributed by atoms with Gasteiger partial charge in [-0.3, -0.25) is 9.59 Å². The fraction of sp³-hybridized carbons (Fsp3) is 0.448. The minimum absolute atomic E-state index is 0.112. The van der Waals surface area contributed by atoms with Crippen molar-refractivity contribution in [3.8, 4) is 16.9 Å². The number of hydrogen-bond donors (Lipinski definition) is 0. The van der Waals surface area contributed by atoms with Crippen LogP contribution in [0.15, 0.2) is 54.6 Å². The molecule has 6 nitrogen and oxygen atoms in total. The van der Waals surface area contributed by atoms with Gasteiger partial charge in [-0.15, -0.1) is 0 Å². The lowest BCUT2D eigenvalue weighted by Crippen LogP contribution is -2.50. The molecule has 0 bridgehead atoms. The second-order valence-corrected chi connectivity index (χ2v) is 10.3. The molecule has 0 N–H and O–H groups in total. The molecule has 2 aromatic carbocycles. The molecule has 184 valence electrons. The van der Waals surface area contributed by atoms with E-state index < -0.39 is 0 Å². The summed E-state index contributed by atoms with van der Waals surface area (Å²) < 4.78 is 6.51. The third-order valence-electron chi connectivity index (χ3n) is 7.52. The maximum Gasteiger partial charge on any atom is 0.227 e. The Morgan fingerprint density at radius 1 is 1.09 bits per heavy atom. The first-order valence-electron chi connectivity index (χ1n) is 12.7. The van der Waals surface area contributed by atoms with Crippen molar-refractivity contribution in [3.63, 3.8) is 0 Å². The number of carbonyl (C=O) groups excluding carboxylic acids is 2. The summed E-state index contributed by atoms with van der Waals surface area (Å²) in [6.45, 7) is 3.55. The van der Waals surface area contributed by atoms with Crippen LogP contribution in [0.4, 0.5) is 0 Å². The largest absolute Gasteiger partial charge is 0.482 e. The minimum atomic E-state index is -0.359. The third kappa shape index (κ3) is 5.13. The molecule has 3 aliphatic rings. The van der Waals surface area contributed by atoms with Gasteiger partial charge < -0.3 is 19.4 Å². The van der Waals surface area contributed by atoms with Crippen LogP contribution in [0.3, 0.4) is 0 Å². The summed E-state index contributed by atoms with van der Waals surface area (Å²) in [6.07, 6.45) is 7.16. The summed E-state index contributed by atoms with van der Waals surface area (Å²) in [6, 6.07) is 16.7. The fourth-order valence-corrected chi connectivity index (χ4v) is 5.44. The van der Waals surface area contributed by atoms with Crippen LogP contribution >= 0.6 is 0 Å². The van der Waals surface area contributed by atoms with Crippen molar-refractivity contribution < 1.29 is 14.3 Å². The van der Waals surface area contributed by atoms with E-state index in [1.165, 1.54) is 11.1 Å². The van der Waals surface area contributed by atoms with Crippen LogP contribution in [0.2, 0.25) is 0 Å². The number of amides is 2. The topological polar surface area (TPSA) is 53.1 Å². The maximum atomic E-state index is 13.2. The van der Waals surface area contributed by atoms with Crippen LogP contribution in [0.5, 0.6) is 5.75 Å². The van der Waals surface area contributed by atoms with Crippen LogP contribution in [-0.2, 0) is 9.59 Å². The third-order valence-corrected chi connectivity index (χ3v) is 7.52.